The highest BCUT2D eigenvalue weighted by molar-refractivity contribution is 5.98. The van der Waals surface area contributed by atoms with Gasteiger partial charge in [0.2, 0.25) is 0 Å². The quantitative estimate of drug-likeness (QED) is 0.652. The Labute approximate surface area is 155 Å². The number of anilines is 1. The third-order valence-electron chi connectivity index (χ3n) is 4.71. The molecule has 7 nitrogen and oxygen atoms in total. The van der Waals surface area contributed by atoms with E-state index in [-0.39, 0.29) is 17.7 Å². The highest BCUT2D eigenvalue weighted by atomic mass is 19.1. The van der Waals surface area contributed by atoms with Crippen LogP contribution in [0, 0.1) is 11.7 Å². The van der Waals surface area contributed by atoms with Crippen molar-refractivity contribution in [1.29, 1.82) is 0 Å². The number of ether oxygens (including phenoxy) is 1. The van der Waals surface area contributed by atoms with E-state index in [1.165, 1.54) is 18.5 Å². The summed E-state index contributed by atoms with van der Waals surface area (Å²) in [6, 6.07) is 6.02. The summed E-state index contributed by atoms with van der Waals surface area (Å²) in [7, 11) is 0. The second-order valence-corrected chi connectivity index (χ2v) is 6.45. The summed E-state index contributed by atoms with van der Waals surface area (Å²) in [6.45, 7) is 3.45. The normalized spacial score (nSPS) is 17.3. The van der Waals surface area contributed by atoms with Gasteiger partial charge in [0, 0.05) is 18.7 Å². The van der Waals surface area contributed by atoms with Crippen LogP contribution in [0.2, 0.25) is 0 Å². The summed E-state index contributed by atoms with van der Waals surface area (Å²) < 4.78 is 23.8. The molecule has 0 aliphatic carbocycles. The molecule has 0 N–H and O–H groups in total. The number of carbonyl (C=O) groups excluding carboxylic acids is 1. The first-order valence-electron chi connectivity index (χ1n) is 8.95. The molecule has 2 aromatic heterocycles. The first-order chi connectivity index (χ1) is 13.2. The average molecular weight is 370 g/mol. The van der Waals surface area contributed by atoms with E-state index in [9.17, 15) is 9.18 Å². The van der Waals surface area contributed by atoms with Crippen LogP contribution in [0.4, 0.5) is 10.2 Å². The van der Waals surface area contributed by atoms with Gasteiger partial charge >= 0.3 is 5.97 Å². The maximum atomic E-state index is 13.3. The van der Waals surface area contributed by atoms with Gasteiger partial charge in [-0.1, -0.05) is 5.16 Å². The predicted molar refractivity (Wildman–Crippen MR) is 96.6 cm³/mol. The molecule has 1 aliphatic rings. The van der Waals surface area contributed by atoms with E-state index in [0.29, 0.717) is 41.3 Å². The summed E-state index contributed by atoms with van der Waals surface area (Å²) in [5.41, 5.74) is 1.63. The van der Waals surface area contributed by atoms with Crippen LogP contribution in [0.15, 0.2) is 35.1 Å². The number of benzene rings is 1. The molecule has 1 saturated heterocycles. The molecule has 3 heterocycles. The molecule has 0 unspecified atom stereocenters. The minimum atomic E-state index is -0.323. The molecule has 0 amide bonds. The van der Waals surface area contributed by atoms with Crippen LogP contribution >= 0.6 is 0 Å². The minimum Gasteiger partial charge on any atom is -0.466 e. The minimum absolute atomic E-state index is 0.184. The van der Waals surface area contributed by atoms with Crippen molar-refractivity contribution in [3.05, 3.63) is 36.4 Å². The predicted octanol–water partition coefficient (Wildman–Crippen LogP) is 3.20. The van der Waals surface area contributed by atoms with Crippen LogP contribution in [-0.2, 0) is 9.53 Å². The van der Waals surface area contributed by atoms with E-state index >= 15 is 0 Å². The van der Waals surface area contributed by atoms with Crippen LogP contribution in [0.25, 0.3) is 22.4 Å². The molecule has 0 spiro atoms. The highest BCUT2D eigenvalue weighted by Crippen LogP contribution is 2.34. The fourth-order valence-electron chi connectivity index (χ4n) is 3.44. The van der Waals surface area contributed by atoms with E-state index in [4.69, 9.17) is 9.26 Å². The van der Waals surface area contributed by atoms with Gasteiger partial charge in [-0.2, -0.15) is 4.98 Å². The molecule has 1 fully saturated rings. The molecule has 0 saturated carbocycles. The number of hydrogen-bond donors (Lipinski definition) is 0. The summed E-state index contributed by atoms with van der Waals surface area (Å²) in [5.74, 6) is -0.0414. The lowest BCUT2D eigenvalue weighted by Gasteiger charge is -2.32. The largest absolute Gasteiger partial charge is 0.466 e. The fraction of sp³-hybridized carbons (Fsp3) is 0.368. The lowest BCUT2D eigenvalue weighted by Crippen LogP contribution is -2.40. The van der Waals surface area contributed by atoms with Crippen molar-refractivity contribution >= 4 is 22.9 Å². The van der Waals surface area contributed by atoms with Crippen molar-refractivity contribution in [2.75, 3.05) is 24.6 Å². The van der Waals surface area contributed by atoms with Crippen molar-refractivity contribution < 1.29 is 18.4 Å². The molecule has 140 valence electrons. The zero-order valence-corrected chi connectivity index (χ0v) is 14.9. The van der Waals surface area contributed by atoms with Gasteiger partial charge in [-0.25, -0.2) is 9.37 Å². The standard InChI is InChI=1S/C19H19FN4O3/c1-2-26-19(25)13-4-3-9-24(10-13)17-15-16(12-5-7-14(20)8-6-12)23-27-18(15)22-11-21-17/h5-8,11,13H,2-4,9-10H2,1H3/t13-/m0/s1. The van der Waals surface area contributed by atoms with Gasteiger partial charge in [-0.05, 0) is 44.0 Å². The van der Waals surface area contributed by atoms with Gasteiger partial charge in [0.1, 0.15) is 29.0 Å². The molecule has 27 heavy (non-hydrogen) atoms. The van der Waals surface area contributed by atoms with E-state index in [2.05, 4.69) is 15.1 Å². The van der Waals surface area contributed by atoms with Crippen LogP contribution in [0.1, 0.15) is 19.8 Å². The molecule has 0 radical (unpaired) electrons. The van der Waals surface area contributed by atoms with Gasteiger partial charge in [0.15, 0.2) is 0 Å². The third-order valence-corrected chi connectivity index (χ3v) is 4.71. The second-order valence-electron chi connectivity index (χ2n) is 6.45. The number of rotatable bonds is 4. The SMILES string of the molecule is CCOC(=O)[C@H]1CCCN(c2ncnc3onc(-c4ccc(F)cc4)c23)C1. The van der Waals surface area contributed by atoms with E-state index < -0.39 is 0 Å². The Morgan fingerprint density at radius 1 is 1.33 bits per heavy atom. The zero-order valence-electron chi connectivity index (χ0n) is 14.9. The maximum Gasteiger partial charge on any atom is 0.310 e. The molecular formula is C19H19FN4O3. The molecule has 8 heteroatoms. The Kier molecular flexibility index (Phi) is 4.70. The van der Waals surface area contributed by atoms with E-state index in [0.717, 1.165) is 19.4 Å². The van der Waals surface area contributed by atoms with Crippen molar-refractivity contribution in [1.82, 2.24) is 15.1 Å². The summed E-state index contributed by atoms with van der Waals surface area (Å²) >= 11 is 0. The van der Waals surface area contributed by atoms with Gasteiger partial charge in [-0.15, -0.1) is 0 Å². The lowest BCUT2D eigenvalue weighted by molar-refractivity contribution is -0.148. The topological polar surface area (TPSA) is 81.4 Å². The van der Waals surface area contributed by atoms with Gasteiger partial charge in [0.25, 0.3) is 5.71 Å². The van der Waals surface area contributed by atoms with Crippen LogP contribution in [0.5, 0.6) is 0 Å². The van der Waals surface area contributed by atoms with Crippen LogP contribution in [-0.4, -0.2) is 40.8 Å². The monoisotopic (exact) mass is 370 g/mol. The summed E-state index contributed by atoms with van der Waals surface area (Å²) in [6.07, 6.45) is 3.06. The first-order valence-corrected chi connectivity index (χ1v) is 8.95. The van der Waals surface area contributed by atoms with Crippen molar-refractivity contribution in [3.8, 4) is 11.3 Å². The number of carbonyl (C=O) groups is 1. The number of piperidine rings is 1. The molecule has 0 bridgehead atoms. The lowest BCUT2D eigenvalue weighted by atomic mass is 9.98. The van der Waals surface area contributed by atoms with Gasteiger partial charge in [0.05, 0.1) is 12.5 Å². The Bertz CT molecular complexity index is 957. The third kappa shape index (κ3) is 3.34. The Hall–Kier alpha value is -3.03. The number of aromatic nitrogens is 3. The number of nitrogens with zero attached hydrogens (tertiary/aromatic N) is 4. The fourth-order valence-corrected chi connectivity index (χ4v) is 3.44. The molecule has 1 aliphatic heterocycles. The second kappa shape index (κ2) is 7.30. The van der Waals surface area contributed by atoms with Crippen LogP contribution in [0.3, 0.4) is 0 Å². The molecule has 4 rings (SSSR count). The van der Waals surface area contributed by atoms with Crippen molar-refractivity contribution in [3.63, 3.8) is 0 Å². The Balaban J connectivity index is 1.72. The van der Waals surface area contributed by atoms with E-state index in [1.807, 2.05) is 4.90 Å². The zero-order chi connectivity index (χ0) is 18.8. The van der Waals surface area contributed by atoms with Crippen molar-refractivity contribution in [2.45, 2.75) is 19.8 Å². The number of esters is 1. The Morgan fingerprint density at radius 3 is 2.93 bits per heavy atom. The molecule has 3 aromatic rings. The van der Waals surface area contributed by atoms with Crippen molar-refractivity contribution in [2.24, 2.45) is 5.92 Å². The summed E-state index contributed by atoms with van der Waals surface area (Å²) in [5, 5.41) is 4.78. The molecule has 1 atom stereocenters. The molecule has 1 aromatic carbocycles. The van der Waals surface area contributed by atoms with E-state index in [1.54, 1.807) is 19.1 Å². The molecular weight excluding hydrogens is 351 g/mol. The van der Waals surface area contributed by atoms with Gasteiger partial charge < -0.3 is 14.2 Å². The smallest absolute Gasteiger partial charge is 0.310 e. The highest BCUT2D eigenvalue weighted by Gasteiger charge is 2.30. The number of halogens is 1. The van der Waals surface area contributed by atoms with Crippen LogP contribution < -0.4 is 4.90 Å². The first kappa shape index (κ1) is 17.4. The number of fused-ring (bicyclic) bond motifs is 1. The Morgan fingerprint density at radius 2 is 2.15 bits per heavy atom. The summed E-state index contributed by atoms with van der Waals surface area (Å²) in [4.78, 5) is 22.8. The average Bonchev–Trinajstić information content (AvgIpc) is 3.13. The van der Waals surface area contributed by atoms with Gasteiger partial charge in [-0.3, -0.25) is 4.79 Å². The maximum absolute atomic E-state index is 13.3. The number of hydrogen-bond acceptors (Lipinski definition) is 7.